The fraction of sp³-hybridized carbons (Fsp3) is 0.440. The number of hydrogen-bond donors (Lipinski definition) is 0. The zero-order valence-electron chi connectivity index (χ0n) is 17.6. The van der Waals surface area contributed by atoms with Crippen molar-refractivity contribution >= 4 is 17.5 Å². The summed E-state index contributed by atoms with van der Waals surface area (Å²) in [7, 11) is 0. The highest BCUT2D eigenvalue weighted by Crippen LogP contribution is 2.27. The Hall–Kier alpha value is -2.66. The van der Waals surface area contributed by atoms with Gasteiger partial charge in [-0.1, -0.05) is 55.7 Å². The topological polar surface area (TPSA) is 43.9 Å². The van der Waals surface area contributed by atoms with Crippen molar-refractivity contribution in [3.63, 3.8) is 0 Å². The van der Waals surface area contributed by atoms with E-state index in [-0.39, 0.29) is 11.8 Å². The number of anilines is 1. The van der Waals surface area contributed by atoms with E-state index >= 15 is 0 Å². The van der Waals surface area contributed by atoms with Crippen molar-refractivity contribution in [2.45, 2.75) is 38.1 Å². The molecule has 0 N–H and O–H groups in total. The van der Waals surface area contributed by atoms with Crippen LogP contribution in [0.5, 0.6) is 0 Å². The molecule has 2 aromatic rings. The van der Waals surface area contributed by atoms with Gasteiger partial charge in [0.15, 0.2) is 0 Å². The summed E-state index contributed by atoms with van der Waals surface area (Å²) in [4.78, 5) is 32.1. The maximum atomic E-state index is 13.4. The molecule has 1 saturated heterocycles. The van der Waals surface area contributed by atoms with Crippen molar-refractivity contribution < 1.29 is 9.59 Å². The van der Waals surface area contributed by atoms with Gasteiger partial charge in [-0.3, -0.25) is 14.5 Å². The quantitative estimate of drug-likeness (QED) is 0.760. The zero-order valence-corrected chi connectivity index (χ0v) is 17.6. The lowest BCUT2D eigenvalue weighted by Crippen LogP contribution is -2.53. The first-order chi connectivity index (χ1) is 14.7. The summed E-state index contributed by atoms with van der Waals surface area (Å²) in [6, 6.07) is 19.8. The van der Waals surface area contributed by atoms with E-state index in [0.717, 1.165) is 37.2 Å². The molecule has 5 nitrogen and oxygen atoms in total. The predicted molar refractivity (Wildman–Crippen MR) is 120 cm³/mol. The van der Waals surface area contributed by atoms with Gasteiger partial charge < -0.3 is 9.80 Å². The molecule has 0 aromatic heterocycles. The highest BCUT2D eigenvalue weighted by atomic mass is 16.2. The smallest absolute Gasteiger partial charge is 0.253 e. The molecule has 0 unspecified atom stereocenters. The number of hydrogen-bond acceptors (Lipinski definition) is 3. The van der Waals surface area contributed by atoms with E-state index in [1.165, 1.54) is 19.3 Å². The Bertz CT molecular complexity index is 826. The third kappa shape index (κ3) is 4.90. The van der Waals surface area contributed by atoms with Gasteiger partial charge in [0.2, 0.25) is 5.91 Å². The lowest BCUT2D eigenvalue weighted by Gasteiger charge is -2.38. The van der Waals surface area contributed by atoms with Crippen molar-refractivity contribution in [2.24, 2.45) is 0 Å². The minimum atomic E-state index is 0.0784. The Labute approximate surface area is 179 Å². The molecule has 158 valence electrons. The first-order valence-electron chi connectivity index (χ1n) is 11.2. The second-order valence-corrected chi connectivity index (χ2v) is 8.33. The van der Waals surface area contributed by atoms with Crippen LogP contribution in [0.25, 0.3) is 0 Å². The number of piperazine rings is 1. The summed E-state index contributed by atoms with van der Waals surface area (Å²) in [5.74, 6) is 0.255. The first kappa shape index (κ1) is 20.6. The van der Waals surface area contributed by atoms with Gasteiger partial charge in [0.25, 0.3) is 5.91 Å². The van der Waals surface area contributed by atoms with Crippen LogP contribution < -0.4 is 4.90 Å². The number of amides is 2. The molecule has 30 heavy (non-hydrogen) atoms. The van der Waals surface area contributed by atoms with E-state index < -0.39 is 0 Å². The van der Waals surface area contributed by atoms with E-state index in [0.29, 0.717) is 25.7 Å². The molecule has 1 aliphatic carbocycles. The Balaban J connectivity index is 1.37. The number of nitrogens with zero attached hydrogens (tertiary/aromatic N) is 3. The van der Waals surface area contributed by atoms with Crippen LogP contribution in [0.2, 0.25) is 0 Å². The molecule has 5 heteroatoms. The average Bonchev–Trinajstić information content (AvgIpc) is 2.81. The van der Waals surface area contributed by atoms with Gasteiger partial charge in [-0.25, -0.2) is 0 Å². The summed E-state index contributed by atoms with van der Waals surface area (Å²) < 4.78 is 0. The Morgan fingerprint density at radius 2 is 1.40 bits per heavy atom. The summed E-state index contributed by atoms with van der Waals surface area (Å²) in [5.41, 5.74) is 1.74. The number of para-hydroxylation sites is 1. The molecular weight excluding hydrogens is 374 g/mol. The monoisotopic (exact) mass is 405 g/mol. The van der Waals surface area contributed by atoms with E-state index in [2.05, 4.69) is 4.90 Å². The van der Waals surface area contributed by atoms with E-state index in [1.807, 2.05) is 70.5 Å². The van der Waals surface area contributed by atoms with Crippen molar-refractivity contribution in [3.8, 4) is 0 Å². The van der Waals surface area contributed by atoms with Crippen LogP contribution in [0.15, 0.2) is 60.7 Å². The van der Waals surface area contributed by atoms with Crippen molar-refractivity contribution in [1.29, 1.82) is 0 Å². The minimum Gasteiger partial charge on any atom is -0.336 e. The van der Waals surface area contributed by atoms with Gasteiger partial charge in [-0.2, -0.15) is 0 Å². The van der Waals surface area contributed by atoms with E-state index in [9.17, 15) is 9.59 Å². The predicted octanol–water partition coefficient (Wildman–Crippen LogP) is 3.81. The third-order valence-corrected chi connectivity index (χ3v) is 6.28. The molecule has 2 amide bonds. The number of benzene rings is 2. The Morgan fingerprint density at radius 1 is 0.800 bits per heavy atom. The molecule has 2 fully saturated rings. The van der Waals surface area contributed by atoms with Crippen LogP contribution in [0.4, 0.5) is 5.69 Å². The number of carbonyl (C=O) groups excluding carboxylic acids is 2. The highest BCUT2D eigenvalue weighted by Gasteiger charge is 2.29. The van der Waals surface area contributed by atoms with Crippen molar-refractivity contribution in [2.75, 3.05) is 37.6 Å². The molecule has 2 aliphatic rings. The van der Waals surface area contributed by atoms with E-state index in [1.54, 1.807) is 0 Å². The Morgan fingerprint density at radius 3 is 2.03 bits per heavy atom. The number of rotatable bonds is 5. The van der Waals surface area contributed by atoms with Crippen molar-refractivity contribution in [3.05, 3.63) is 66.2 Å². The van der Waals surface area contributed by atoms with Gasteiger partial charge in [-0.05, 0) is 37.1 Å². The summed E-state index contributed by atoms with van der Waals surface area (Å²) >= 11 is 0. The van der Waals surface area contributed by atoms with Crippen molar-refractivity contribution in [1.82, 2.24) is 9.80 Å². The number of carbonyl (C=O) groups is 2. The third-order valence-electron chi connectivity index (χ3n) is 6.28. The fourth-order valence-corrected chi connectivity index (χ4v) is 4.63. The fourth-order valence-electron chi connectivity index (χ4n) is 4.63. The lowest BCUT2D eigenvalue weighted by molar-refractivity contribution is -0.120. The van der Waals surface area contributed by atoms with Crippen LogP contribution in [-0.4, -0.2) is 60.4 Å². The maximum Gasteiger partial charge on any atom is 0.253 e. The second-order valence-electron chi connectivity index (χ2n) is 8.33. The minimum absolute atomic E-state index is 0.0784. The molecule has 0 spiro atoms. The summed E-state index contributed by atoms with van der Waals surface area (Å²) in [6.07, 6.45) is 5.83. The molecule has 1 saturated carbocycles. The molecular formula is C25H31N3O2. The van der Waals surface area contributed by atoms with Gasteiger partial charge in [0.1, 0.15) is 0 Å². The van der Waals surface area contributed by atoms with Crippen LogP contribution in [0.1, 0.15) is 42.5 Å². The van der Waals surface area contributed by atoms with Gasteiger partial charge in [-0.15, -0.1) is 0 Å². The molecule has 4 rings (SSSR count). The zero-order chi connectivity index (χ0) is 20.8. The summed E-state index contributed by atoms with van der Waals surface area (Å²) in [5, 5.41) is 0. The van der Waals surface area contributed by atoms with Crippen LogP contribution in [-0.2, 0) is 4.79 Å². The molecule has 1 heterocycles. The maximum absolute atomic E-state index is 13.4. The molecule has 0 bridgehead atoms. The van der Waals surface area contributed by atoms with Crippen LogP contribution >= 0.6 is 0 Å². The Kier molecular flexibility index (Phi) is 6.80. The van der Waals surface area contributed by atoms with Gasteiger partial charge in [0.05, 0.1) is 6.54 Å². The largest absolute Gasteiger partial charge is 0.336 e. The van der Waals surface area contributed by atoms with Crippen LogP contribution in [0, 0.1) is 0 Å². The highest BCUT2D eigenvalue weighted by molar-refractivity contribution is 5.96. The molecule has 0 atom stereocenters. The van der Waals surface area contributed by atoms with Gasteiger partial charge in [0, 0.05) is 43.5 Å². The summed E-state index contributed by atoms with van der Waals surface area (Å²) in [6.45, 7) is 3.21. The molecule has 2 aromatic carbocycles. The second kappa shape index (κ2) is 9.90. The van der Waals surface area contributed by atoms with E-state index in [4.69, 9.17) is 0 Å². The van der Waals surface area contributed by atoms with Gasteiger partial charge >= 0.3 is 0 Å². The lowest BCUT2D eigenvalue weighted by atomic mass is 9.93. The molecule has 0 radical (unpaired) electrons. The molecule has 1 aliphatic heterocycles. The first-order valence-corrected chi connectivity index (χ1v) is 11.2. The standard InChI is InChI=1S/C25H31N3O2/c29-24(28(22-12-6-2-7-13-22)23-14-8-3-9-15-23)20-26-16-18-27(19-17-26)25(30)21-10-4-1-5-11-21/h1-2,4-7,10-13,23H,3,8-9,14-20H2. The SMILES string of the molecule is O=C(c1ccccc1)N1CCN(CC(=O)N(c2ccccc2)C2CCCCC2)CC1. The normalized spacial score (nSPS) is 18.2. The van der Waals surface area contributed by atoms with Crippen LogP contribution in [0.3, 0.4) is 0 Å². The average molecular weight is 406 g/mol.